The average Bonchev–Trinajstić information content (AvgIpc) is 2.25. The van der Waals surface area contributed by atoms with Gasteiger partial charge in [-0.05, 0) is 12.5 Å². The van der Waals surface area contributed by atoms with Gasteiger partial charge in [0.2, 0.25) is 0 Å². The third-order valence-corrected chi connectivity index (χ3v) is 5.28. The summed E-state index contributed by atoms with van der Waals surface area (Å²) in [7, 11) is -1.87. The van der Waals surface area contributed by atoms with Gasteiger partial charge >= 0.3 is 0 Å². The van der Waals surface area contributed by atoms with Crippen molar-refractivity contribution in [1.29, 1.82) is 0 Å². The lowest BCUT2D eigenvalue weighted by atomic mass is 10.3. The zero-order valence-electron chi connectivity index (χ0n) is 10.3. The Labute approximate surface area is 132 Å². The van der Waals surface area contributed by atoms with Gasteiger partial charge in [-0.3, -0.25) is 0 Å². The van der Waals surface area contributed by atoms with Gasteiger partial charge in [-0.25, -0.2) is 16.8 Å². The summed E-state index contributed by atoms with van der Waals surface area (Å²) < 4.78 is 49.5. The van der Waals surface area contributed by atoms with Crippen molar-refractivity contribution in [1.82, 2.24) is 0 Å². The van der Waals surface area contributed by atoms with Crippen LogP contribution in [0.5, 0.6) is 5.75 Å². The minimum atomic E-state index is -4.00. The van der Waals surface area contributed by atoms with Gasteiger partial charge in [-0.15, -0.1) is 0 Å². The van der Waals surface area contributed by atoms with Crippen molar-refractivity contribution in [2.45, 2.75) is 11.3 Å². The van der Waals surface area contributed by atoms with Crippen LogP contribution in [-0.2, 0) is 18.9 Å². The Morgan fingerprint density at radius 2 is 1.70 bits per heavy atom. The molecule has 0 heterocycles. The zero-order valence-corrected chi connectivity index (χ0v) is 14.2. The number of ether oxygens (including phenoxy) is 1. The number of rotatable bonds is 6. The van der Waals surface area contributed by atoms with Crippen LogP contribution in [0.4, 0.5) is 0 Å². The molecule has 0 unspecified atom stereocenters. The monoisotopic (exact) mass is 380 g/mol. The van der Waals surface area contributed by atoms with E-state index in [0.29, 0.717) is 0 Å². The van der Waals surface area contributed by atoms with Crippen molar-refractivity contribution in [3.63, 3.8) is 0 Å². The van der Waals surface area contributed by atoms with Gasteiger partial charge in [0.25, 0.3) is 9.05 Å². The second-order valence-corrected chi connectivity index (χ2v) is 9.59. The van der Waals surface area contributed by atoms with Crippen LogP contribution in [0.3, 0.4) is 0 Å². The second-order valence-electron chi connectivity index (χ2n) is 3.98. The smallest absolute Gasteiger partial charge is 0.262 e. The van der Waals surface area contributed by atoms with E-state index in [9.17, 15) is 16.8 Å². The molecule has 0 amide bonds. The summed E-state index contributed by atoms with van der Waals surface area (Å²) in [4.78, 5) is -0.311. The molecule has 0 fully saturated rings. The normalized spacial score (nSPS) is 12.4. The minimum absolute atomic E-state index is 0.0213. The molecule has 20 heavy (non-hydrogen) atoms. The number of hydrogen-bond donors (Lipinski definition) is 0. The molecule has 0 radical (unpaired) electrons. The summed E-state index contributed by atoms with van der Waals surface area (Å²) in [5, 5.41) is -0.101. The zero-order chi connectivity index (χ0) is 15.6. The number of halogens is 3. The highest BCUT2D eigenvalue weighted by atomic mass is 35.7. The highest BCUT2D eigenvalue weighted by Crippen LogP contribution is 2.35. The van der Waals surface area contributed by atoms with E-state index in [1.54, 1.807) is 0 Å². The third-order valence-electron chi connectivity index (χ3n) is 2.17. The Hall–Kier alpha value is -0.210. The molecule has 0 N–H and O–H groups in total. The molecule has 0 aliphatic rings. The van der Waals surface area contributed by atoms with E-state index in [2.05, 4.69) is 0 Å². The van der Waals surface area contributed by atoms with Crippen molar-refractivity contribution < 1.29 is 21.6 Å². The van der Waals surface area contributed by atoms with Gasteiger partial charge in [0.15, 0.2) is 0 Å². The lowest BCUT2D eigenvalue weighted by Crippen LogP contribution is -2.08. The summed E-state index contributed by atoms with van der Waals surface area (Å²) >= 11 is 11.6. The van der Waals surface area contributed by atoms with Crippen molar-refractivity contribution >= 4 is 52.8 Å². The topological polar surface area (TPSA) is 77.5 Å². The van der Waals surface area contributed by atoms with Crippen LogP contribution in [0, 0.1) is 0 Å². The first kappa shape index (κ1) is 17.8. The molecule has 0 bridgehead atoms. The molecule has 0 spiro atoms. The molecule has 5 nitrogen and oxygen atoms in total. The molecule has 0 aliphatic heterocycles. The predicted octanol–water partition coefficient (Wildman–Crippen LogP) is 2.73. The standard InChI is InChI=1S/C10H11Cl3O5S2/c1-19(14,15)4-2-3-18-9-5-8(12)10(6-7(9)11)20(13,16)17/h5-6H,2-4H2,1H3. The molecule has 0 aliphatic carbocycles. The number of hydrogen-bond acceptors (Lipinski definition) is 5. The Morgan fingerprint density at radius 3 is 2.20 bits per heavy atom. The van der Waals surface area contributed by atoms with Crippen LogP contribution >= 0.6 is 33.9 Å². The largest absolute Gasteiger partial charge is 0.492 e. The van der Waals surface area contributed by atoms with E-state index in [-0.39, 0.29) is 39.5 Å². The van der Waals surface area contributed by atoms with Crippen LogP contribution in [-0.4, -0.2) is 35.5 Å². The van der Waals surface area contributed by atoms with Crippen LogP contribution in [0.25, 0.3) is 0 Å². The van der Waals surface area contributed by atoms with Crippen LogP contribution < -0.4 is 4.74 Å². The molecular weight excluding hydrogens is 371 g/mol. The van der Waals surface area contributed by atoms with Gasteiger partial charge in [-0.1, -0.05) is 23.2 Å². The van der Waals surface area contributed by atoms with Gasteiger partial charge in [0, 0.05) is 23.0 Å². The highest BCUT2D eigenvalue weighted by molar-refractivity contribution is 8.13. The summed E-state index contributed by atoms with van der Waals surface area (Å²) in [6, 6.07) is 2.30. The van der Waals surface area contributed by atoms with Gasteiger partial charge < -0.3 is 4.74 Å². The van der Waals surface area contributed by atoms with Crippen molar-refractivity contribution in [2.75, 3.05) is 18.6 Å². The van der Waals surface area contributed by atoms with E-state index in [4.69, 9.17) is 38.6 Å². The third kappa shape index (κ3) is 5.65. The fraction of sp³-hybridized carbons (Fsp3) is 0.400. The summed E-state index contributed by atoms with van der Waals surface area (Å²) in [5.74, 6) is 0.140. The van der Waals surface area contributed by atoms with E-state index >= 15 is 0 Å². The quantitative estimate of drug-likeness (QED) is 0.559. The Morgan fingerprint density at radius 1 is 1.10 bits per heavy atom. The van der Waals surface area contributed by atoms with Gasteiger partial charge in [0.05, 0.1) is 22.4 Å². The Kier molecular flexibility index (Phi) is 5.98. The van der Waals surface area contributed by atoms with Crippen molar-refractivity contribution in [3.05, 3.63) is 22.2 Å². The first-order valence-electron chi connectivity index (χ1n) is 5.25. The molecule has 1 aromatic carbocycles. The first-order valence-corrected chi connectivity index (χ1v) is 10.4. The maximum Gasteiger partial charge on any atom is 0.262 e. The fourth-order valence-corrected chi connectivity index (χ4v) is 3.75. The van der Waals surface area contributed by atoms with Crippen molar-refractivity contribution in [3.8, 4) is 5.75 Å². The minimum Gasteiger partial charge on any atom is -0.492 e. The number of sulfone groups is 1. The molecule has 1 aromatic rings. The van der Waals surface area contributed by atoms with Gasteiger partial charge in [0.1, 0.15) is 20.5 Å². The summed E-state index contributed by atoms with van der Waals surface area (Å²) in [6.07, 6.45) is 1.40. The van der Waals surface area contributed by atoms with E-state index in [1.807, 2.05) is 0 Å². The fourth-order valence-electron chi connectivity index (χ4n) is 1.31. The molecule has 0 saturated heterocycles. The Bertz CT molecular complexity index is 698. The van der Waals surface area contributed by atoms with Crippen LogP contribution in [0.1, 0.15) is 6.42 Å². The van der Waals surface area contributed by atoms with Crippen LogP contribution in [0.15, 0.2) is 17.0 Å². The summed E-state index contributed by atoms with van der Waals surface area (Å²) in [5.41, 5.74) is 0. The maximum absolute atomic E-state index is 11.2. The van der Waals surface area contributed by atoms with E-state index < -0.39 is 18.9 Å². The highest BCUT2D eigenvalue weighted by Gasteiger charge is 2.18. The molecule has 114 valence electrons. The molecular formula is C10H11Cl3O5S2. The molecule has 10 heteroatoms. The lowest BCUT2D eigenvalue weighted by molar-refractivity contribution is 0.318. The molecule has 0 saturated carbocycles. The first-order chi connectivity index (χ1) is 9.00. The second kappa shape index (κ2) is 6.70. The Balaban J connectivity index is 2.81. The predicted molar refractivity (Wildman–Crippen MR) is 79.3 cm³/mol. The summed E-state index contributed by atoms with van der Waals surface area (Å²) in [6.45, 7) is 0.107. The molecule has 0 aromatic heterocycles. The lowest BCUT2D eigenvalue weighted by Gasteiger charge is -2.10. The van der Waals surface area contributed by atoms with Crippen LogP contribution in [0.2, 0.25) is 10.0 Å². The number of benzene rings is 1. The SMILES string of the molecule is CS(=O)(=O)CCCOc1cc(Cl)c(S(=O)(=O)Cl)cc1Cl. The van der Waals surface area contributed by atoms with Gasteiger partial charge in [-0.2, -0.15) is 0 Å². The van der Waals surface area contributed by atoms with E-state index in [1.165, 1.54) is 6.07 Å². The maximum atomic E-state index is 11.2. The molecule has 0 atom stereocenters. The van der Waals surface area contributed by atoms with E-state index in [0.717, 1.165) is 12.3 Å². The molecule has 1 rings (SSSR count). The van der Waals surface area contributed by atoms with Crippen molar-refractivity contribution in [2.24, 2.45) is 0 Å². The average molecular weight is 382 g/mol.